The van der Waals surface area contributed by atoms with Gasteiger partial charge in [-0.2, -0.15) is 4.31 Å². The minimum absolute atomic E-state index is 0.00304. The normalized spacial score (nSPS) is 16.1. The summed E-state index contributed by atoms with van der Waals surface area (Å²) in [4.78, 5) is 35.6. The molecule has 2 rings (SSSR count). The van der Waals surface area contributed by atoms with Crippen LogP contribution in [0.5, 0.6) is 0 Å². The van der Waals surface area contributed by atoms with E-state index in [4.69, 9.17) is 4.74 Å². The van der Waals surface area contributed by atoms with Crippen molar-refractivity contribution in [2.45, 2.75) is 44.1 Å². The van der Waals surface area contributed by atoms with Crippen molar-refractivity contribution in [1.29, 1.82) is 0 Å². The Kier molecular flexibility index (Phi) is 7.53. The Morgan fingerprint density at radius 1 is 1.18 bits per heavy atom. The van der Waals surface area contributed by atoms with Crippen molar-refractivity contribution in [3.8, 4) is 0 Å². The Hall–Kier alpha value is -2.46. The SMILES string of the molecule is CCNC(=O)NC(=O)[C@H](C)OC(=O)c1cccc(S(=O)(=O)N2CCCCC2)c1. The number of hydrogen-bond donors (Lipinski definition) is 2. The first-order valence-corrected chi connectivity index (χ1v) is 10.6. The molecule has 10 heteroatoms. The molecule has 1 saturated heterocycles. The molecule has 1 aromatic carbocycles. The molecule has 1 aliphatic heterocycles. The zero-order valence-electron chi connectivity index (χ0n) is 15.9. The van der Waals surface area contributed by atoms with Crippen LogP contribution in [0.25, 0.3) is 0 Å². The molecule has 2 N–H and O–H groups in total. The van der Waals surface area contributed by atoms with Crippen molar-refractivity contribution in [1.82, 2.24) is 14.9 Å². The van der Waals surface area contributed by atoms with Crippen molar-refractivity contribution in [2.24, 2.45) is 0 Å². The number of ether oxygens (including phenoxy) is 1. The number of nitrogens with zero attached hydrogens (tertiary/aromatic N) is 1. The van der Waals surface area contributed by atoms with Gasteiger partial charge in [0.2, 0.25) is 10.0 Å². The van der Waals surface area contributed by atoms with Gasteiger partial charge in [0.05, 0.1) is 10.5 Å². The maximum Gasteiger partial charge on any atom is 0.338 e. The lowest BCUT2D eigenvalue weighted by atomic mass is 10.2. The Labute approximate surface area is 164 Å². The van der Waals surface area contributed by atoms with E-state index < -0.39 is 34.0 Å². The summed E-state index contributed by atoms with van der Waals surface area (Å²) in [5, 5.41) is 4.44. The standard InChI is InChI=1S/C18H25N3O6S/c1-3-19-18(24)20-16(22)13(2)27-17(23)14-8-7-9-15(12-14)28(25,26)21-10-5-4-6-11-21/h7-9,12-13H,3-6,10-11H2,1-2H3,(H2,19,20,22,24)/t13-/m0/s1. The molecule has 154 valence electrons. The number of carbonyl (C=O) groups is 3. The first kappa shape index (κ1) is 21.8. The fourth-order valence-electron chi connectivity index (χ4n) is 2.74. The van der Waals surface area contributed by atoms with Crippen LogP contribution in [0, 0.1) is 0 Å². The third-order valence-electron chi connectivity index (χ3n) is 4.25. The molecule has 0 aliphatic carbocycles. The Bertz CT molecular complexity index is 833. The predicted octanol–water partition coefficient (Wildman–Crippen LogP) is 1.25. The zero-order valence-corrected chi connectivity index (χ0v) is 16.8. The second-order valence-electron chi connectivity index (χ2n) is 6.39. The minimum atomic E-state index is -3.69. The van der Waals surface area contributed by atoms with E-state index in [1.54, 1.807) is 6.92 Å². The molecule has 9 nitrogen and oxygen atoms in total. The van der Waals surface area contributed by atoms with E-state index in [0.29, 0.717) is 19.6 Å². The van der Waals surface area contributed by atoms with E-state index >= 15 is 0 Å². The molecule has 3 amide bonds. The summed E-state index contributed by atoms with van der Waals surface area (Å²) in [6.07, 6.45) is 1.38. The molecule has 0 radical (unpaired) electrons. The van der Waals surface area contributed by atoms with Crippen LogP contribution >= 0.6 is 0 Å². The molecule has 0 saturated carbocycles. The van der Waals surface area contributed by atoms with Gasteiger partial charge in [0.1, 0.15) is 0 Å². The van der Waals surface area contributed by atoms with Gasteiger partial charge in [0.25, 0.3) is 5.91 Å². The molecular weight excluding hydrogens is 386 g/mol. The first-order valence-electron chi connectivity index (χ1n) is 9.15. The topological polar surface area (TPSA) is 122 Å². The largest absolute Gasteiger partial charge is 0.449 e. The van der Waals surface area contributed by atoms with Gasteiger partial charge >= 0.3 is 12.0 Å². The van der Waals surface area contributed by atoms with Gasteiger partial charge in [0, 0.05) is 19.6 Å². The lowest BCUT2D eigenvalue weighted by Gasteiger charge is -2.26. The third-order valence-corrected chi connectivity index (χ3v) is 6.14. The summed E-state index contributed by atoms with van der Waals surface area (Å²) in [7, 11) is -3.69. The summed E-state index contributed by atoms with van der Waals surface area (Å²) >= 11 is 0. The maximum atomic E-state index is 12.7. The number of benzene rings is 1. The van der Waals surface area contributed by atoms with Gasteiger partial charge in [-0.1, -0.05) is 12.5 Å². The summed E-state index contributed by atoms with van der Waals surface area (Å²) in [5.74, 6) is -1.63. The lowest BCUT2D eigenvalue weighted by molar-refractivity contribution is -0.127. The molecule has 0 spiro atoms. The number of rotatable bonds is 6. The molecule has 1 aliphatic rings. The summed E-state index contributed by atoms with van der Waals surface area (Å²) < 4.78 is 31.9. The van der Waals surface area contributed by atoms with Crippen LogP contribution in [-0.4, -0.2) is 56.4 Å². The van der Waals surface area contributed by atoms with Gasteiger partial charge in [-0.3, -0.25) is 10.1 Å². The smallest absolute Gasteiger partial charge is 0.338 e. The second kappa shape index (κ2) is 9.65. The quantitative estimate of drug-likeness (QED) is 0.680. The summed E-state index contributed by atoms with van der Waals surface area (Å²) in [6.45, 7) is 4.26. The van der Waals surface area contributed by atoms with Crippen molar-refractivity contribution in [3.63, 3.8) is 0 Å². The molecule has 0 bridgehead atoms. The van der Waals surface area contributed by atoms with Crippen molar-refractivity contribution < 1.29 is 27.5 Å². The maximum absolute atomic E-state index is 12.7. The second-order valence-corrected chi connectivity index (χ2v) is 8.33. The van der Waals surface area contributed by atoms with Crippen molar-refractivity contribution >= 4 is 27.9 Å². The number of esters is 1. The molecule has 1 fully saturated rings. The van der Waals surface area contributed by atoms with Gasteiger partial charge in [-0.05, 0) is 44.9 Å². The van der Waals surface area contributed by atoms with Crippen LogP contribution in [-0.2, 0) is 19.6 Å². The number of piperidine rings is 1. The highest BCUT2D eigenvalue weighted by Gasteiger charge is 2.27. The molecular formula is C18H25N3O6S. The lowest BCUT2D eigenvalue weighted by Crippen LogP contribution is -2.44. The molecule has 1 atom stereocenters. The number of nitrogens with one attached hydrogen (secondary N) is 2. The van der Waals surface area contributed by atoms with Crippen LogP contribution in [0.3, 0.4) is 0 Å². The summed E-state index contributed by atoms with van der Waals surface area (Å²) in [6, 6.07) is 4.83. The van der Waals surface area contributed by atoms with Crippen LogP contribution in [0.4, 0.5) is 4.79 Å². The Morgan fingerprint density at radius 2 is 1.86 bits per heavy atom. The van der Waals surface area contributed by atoms with Crippen molar-refractivity contribution in [3.05, 3.63) is 29.8 Å². The van der Waals surface area contributed by atoms with Gasteiger partial charge in [0.15, 0.2) is 6.10 Å². The highest BCUT2D eigenvalue weighted by atomic mass is 32.2. The number of urea groups is 1. The first-order chi connectivity index (χ1) is 13.3. The Morgan fingerprint density at radius 3 is 2.50 bits per heavy atom. The average Bonchev–Trinajstić information content (AvgIpc) is 2.68. The van der Waals surface area contributed by atoms with E-state index in [1.165, 1.54) is 35.5 Å². The number of carbonyl (C=O) groups excluding carboxylic acids is 3. The van der Waals surface area contributed by atoms with E-state index in [0.717, 1.165) is 19.3 Å². The fourth-order valence-corrected chi connectivity index (χ4v) is 4.30. The highest BCUT2D eigenvalue weighted by molar-refractivity contribution is 7.89. The van der Waals surface area contributed by atoms with Crippen LogP contribution in [0.2, 0.25) is 0 Å². The van der Waals surface area contributed by atoms with Gasteiger partial charge < -0.3 is 10.1 Å². The molecule has 0 aromatic heterocycles. The number of sulfonamides is 1. The monoisotopic (exact) mass is 411 g/mol. The van der Waals surface area contributed by atoms with E-state index in [2.05, 4.69) is 5.32 Å². The van der Waals surface area contributed by atoms with Crippen LogP contribution < -0.4 is 10.6 Å². The highest BCUT2D eigenvalue weighted by Crippen LogP contribution is 2.21. The molecule has 0 unspecified atom stereocenters. The van der Waals surface area contributed by atoms with Crippen LogP contribution in [0.1, 0.15) is 43.5 Å². The molecule has 1 heterocycles. The van der Waals surface area contributed by atoms with Crippen molar-refractivity contribution in [2.75, 3.05) is 19.6 Å². The van der Waals surface area contributed by atoms with E-state index in [9.17, 15) is 22.8 Å². The fraction of sp³-hybridized carbons (Fsp3) is 0.500. The van der Waals surface area contributed by atoms with E-state index in [-0.39, 0.29) is 10.5 Å². The summed E-state index contributed by atoms with van der Waals surface area (Å²) in [5.41, 5.74) is 0.00995. The number of amides is 3. The van der Waals surface area contributed by atoms with Gasteiger partial charge in [-0.25, -0.2) is 18.0 Å². The van der Waals surface area contributed by atoms with Gasteiger partial charge in [-0.15, -0.1) is 0 Å². The Balaban J connectivity index is 2.07. The average molecular weight is 411 g/mol. The minimum Gasteiger partial charge on any atom is -0.449 e. The molecule has 1 aromatic rings. The zero-order chi connectivity index (χ0) is 20.7. The number of hydrogen-bond acceptors (Lipinski definition) is 6. The van der Waals surface area contributed by atoms with Crippen LogP contribution in [0.15, 0.2) is 29.2 Å². The third kappa shape index (κ3) is 5.52. The molecule has 28 heavy (non-hydrogen) atoms. The number of imide groups is 1. The van der Waals surface area contributed by atoms with E-state index in [1.807, 2.05) is 5.32 Å². The predicted molar refractivity (Wildman–Crippen MR) is 101 cm³/mol.